The van der Waals surface area contributed by atoms with Crippen molar-refractivity contribution in [2.24, 2.45) is 0 Å². The van der Waals surface area contributed by atoms with Crippen molar-refractivity contribution in [2.75, 3.05) is 6.54 Å². The summed E-state index contributed by atoms with van der Waals surface area (Å²) in [6, 6.07) is 8.13. The molecular weight excluding hydrogens is 313 g/mol. The highest BCUT2D eigenvalue weighted by molar-refractivity contribution is 6.56. The number of carbonyl (C=O) groups excluding carboxylic acids is 1. The van der Waals surface area contributed by atoms with Gasteiger partial charge in [0.05, 0.1) is 11.2 Å². The van der Waals surface area contributed by atoms with Crippen molar-refractivity contribution in [2.45, 2.75) is 52.7 Å². The Balaban J connectivity index is 2.29. The van der Waals surface area contributed by atoms with E-state index in [1.54, 1.807) is 0 Å². The summed E-state index contributed by atoms with van der Waals surface area (Å²) in [4.78, 5) is 11.4. The van der Waals surface area contributed by atoms with Gasteiger partial charge in [0, 0.05) is 13.5 Å². The van der Waals surface area contributed by atoms with Crippen molar-refractivity contribution in [1.82, 2.24) is 5.32 Å². The second kappa shape index (κ2) is 7.18. The molecule has 0 radical (unpaired) electrons. The Morgan fingerprint density at radius 1 is 1.12 bits per heavy atom. The number of hydrogen-bond acceptors (Lipinski definition) is 3. The van der Waals surface area contributed by atoms with Crippen LogP contribution in [-0.4, -0.2) is 30.8 Å². The summed E-state index contributed by atoms with van der Waals surface area (Å²) in [5.74, 6) is -0.0833. The molecule has 1 heterocycles. The average molecular weight is 341 g/mol. The smallest absolute Gasteiger partial charge is 0.400 e. The zero-order chi connectivity index (χ0) is 18.8. The SMILES string of the molecule is C=C(C)c1ccc(C=C(CNC(C)=O)B2OC(C)(C)C(C)(C)O2)cc1. The van der Waals surface area contributed by atoms with Gasteiger partial charge in [-0.2, -0.15) is 0 Å². The van der Waals surface area contributed by atoms with E-state index in [1.165, 1.54) is 6.92 Å². The van der Waals surface area contributed by atoms with E-state index >= 15 is 0 Å². The van der Waals surface area contributed by atoms with Gasteiger partial charge in [0.25, 0.3) is 0 Å². The molecule has 1 saturated heterocycles. The zero-order valence-corrected chi connectivity index (χ0v) is 16.1. The van der Waals surface area contributed by atoms with Crippen molar-refractivity contribution in [3.05, 3.63) is 47.4 Å². The lowest BCUT2D eigenvalue weighted by Crippen LogP contribution is -2.41. The highest BCUT2D eigenvalue weighted by atomic mass is 16.7. The Bertz CT molecular complexity index is 673. The molecule has 2 rings (SSSR count). The monoisotopic (exact) mass is 341 g/mol. The number of benzene rings is 1. The lowest BCUT2D eigenvalue weighted by Gasteiger charge is -2.32. The number of allylic oxidation sites excluding steroid dienone is 1. The molecule has 1 fully saturated rings. The van der Waals surface area contributed by atoms with Gasteiger partial charge >= 0.3 is 7.12 Å². The van der Waals surface area contributed by atoms with Gasteiger partial charge in [-0.1, -0.05) is 42.5 Å². The molecular formula is C20H28BNO3. The molecule has 1 amide bonds. The van der Waals surface area contributed by atoms with E-state index < -0.39 is 18.3 Å². The van der Waals surface area contributed by atoms with Gasteiger partial charge in [-0.05, 0) is 51.2 Å². The first-order chi connectivity index (χ1) is 11.5. The molecule has 0 unspecified atom stereocenters. The summed E-state index contributed by atoms with van der Waals surface area (Å²) < 4.78 is 12.3. The molecule has 0 saturated carbocycles. The van der Waals surface area contributed by atoms with Crippen LogP contribution in [0.1, 0.15) is 52.7 Å². The van der Waals surface area contributed by atoms with Gasteiger partial charge in [0.15, 0.2) is 0 Å². The average Bonchev–Trinajstić information content (AvgIpc) is 2.72. The van der Waals surface area contributed by atoms with Crippen LogP contribution in [0.25, 0.3) is 11.6 Å². The molecule has 5 heteroatoms. The lowest BCUT2D eigenvalue weighted by atomic mass is 9.77. The van der Waals surface area contributed by atoms with E-state index in [2.05, 4.69) is 11.9 Å². The number of nitrogens with one attached hydrogen (secondary N) is 1. The quantitative estimate of drug-likeness (QED) is 0.827. The predicted molar refractivity (Wildman–Crippen MR) is 104 cm³/mol. The van der Waals surface area contributed by atoms with Crippen LogP contribution in [-0.2, 0) is 14.1 Å². The van der Waals surface area contributed by atoms with E-state index in [4.69, 9.17) is 9.31 Å². The second-order valence-corrected chi connectivity index (χ2v) is 7.62. The maximum absolute atomic E-state index is 11.4. The number of carbonyl (C=O) groups is 1. The van der Waals surface area contributed by atoms with Crippen molar-refractivity contribution in [3.63, 3.8) is 0 Å². The van der Waals surface area contributed by atoms with Crippen LogP contribution in [0.2, 0.25) is 0 Å². The van der Waals surface area contributed by atoms with Crippen LogP contribution in [0, 0.1) is 0 Å². The van der Waals surface area contributed by atoms with Crippen LogP contribution in [0.4, 0.5) is 0 Å². The zero-order valence-electron chi connectivity index (χ0n) is 16.1. The van der Waals surface area contributed by atoms with Gasteiger partial charge in [0.2, 0.25) is 5.91 Å². The first-order valence-electron chi connectivity index (χ1n) is 8.58. The maximum Gasteiger partial charge on any atom is 0.492 e. The molecule has 25 heavy (non-hydrogen) atoms. The fourth-order valence-electron chi connectivity index (χ4n) is 2.50. The molecule has 134 valence electrons. The largest absolute Gasteiger partial charge is 0.492 e. The summed E-state index contributed by atoms with van der Waals surface area (Å²) >= 11 is 0. The molecule has 1 aromatic carbocycles. The number of amides is 1. The fourth-order valence-corrected chi connectivity index (χ4v) is 2.50. The third-order valence-corrected chi connectivity index (χ3v) is 4.85. The minimum atomic E-state index is -0.488. The Hall–Kier alpha value is -1.85. The second-order valence-electron chi connectivity index (χ2n) is 7.62. The fraction of sp³-hybridized carbons (Fsp3) is 0.450. The molecule has 0 spiro atoms. The van der Waals surface area contributed by atoms with Gasteiger partial charge in [-0.3, -0.25) is 4.79 Å². The summed E-state index contributed by atoms with van der Waals surface area (Å²) in [6.07, 6.45) is 2.01. The highest BCUT2D eigenvalue weighted by Gasteiger charge is 2.52. The summed E-state index contributed by atoms with van der Waals surface area (Å²) in [6.45, 7) is 15.9. The van der Waals surface area contributed by atoms with Crippen molar-refractivity contribution in [1.29, 1.82) is 0 Å². The molecule has 0 aromatic heterocycles. The normalized spacial score (nSPS) is 19.0. The molecule has 0 bridgehead atoms. The Labute approximate surface area is 151 Å². The summed E-state index contributed by atoms with van der Waals surface area (Å²) in [7, 11) is -0.488. The minimum absolute atomic E-state index is 0.0833. The number of hydrogen-bond donors (Lipinski definition) is 1. The van der Waals surface area contributed by atoms with E-state index in [-0.39, 0.29) is 5.91 Å². The molecule has 0 atom stereocenters. The summed E-state index contributed by atoms with van der Waals surface area (Å²) in [5.41, 5.74) is 3.21. The van der Waals surface area contributed by atoms with Gasteiger partial charge in [-0.25, -0.2) is 0 Å². The Morgan fingerprint density at radius 3 is 2.08 bits per heavy atom. The topological polar surface area (TPSA) is 47.6 Å². The van der Waals surface area contributed by atoms with Gasteiger partial charge < -0.3 is 14.6 Å². The molecule has 1 aliphatic rings. The van der Waals surface area contributed by atoms with E-state index in [0.717, 1.165) is 22.2 Å². The van der Waals surface area contributed by atoms with Crippen LogP contribution in [0.5, 0.6) is 0 Å². The van der Waals surface area contributed by atoms with Gasteiger partial charge in [-0.15, -0.1) is 0 Å². The van der Waals surface area contributed by atoms with E-state index in [0.29, 0.717) is 6.54 Å². The standard InChI is InChI=1S/C20H28BNO3/c1-14(2)17-10-8-16(9-11-17)12-18(13-22-15(3)23)21-24-19(4,5)20(6,7)25-21/h8-12H,1,13H2,2-7H3,(H,22,23). The predicted octanol–water partition coefficient (Wildman–Crippen LogP) is 3.87. The first-order valence-corrected chi connectivity index (χ1v) is 8.58. The summed E-state index contributed by atoms with van der Waals surface area (Å²) in [5, 5.41) is 2.85. The molecule has 1 aliphatic heterocycles. The van der Waals surface area contributed by atoms with E-state index in [9.17, 15) is 4.79 Å². The lowest BCUT2D eigenvalue weighted by molar-refractivity contribution is -0.118. The first kappa shape index (κ1) is 19.5. The molecule has 0 aliphatic carbocycles. The van der Waals surface area contributed by atoms with Crippen molar-refractivity contribution < 1.29 is 14.1 Å². The third kappa shape index (κ3) is 4.62. The van der Waals surface area contributed by atoms with Crippen LogP contribution in [0.15, 0.2) is 36.3 Å². The molecule has 4 nitrogen and oxygen atoms in total. The number of rotatable bonds is 5. The molecule has 1 N–H and O–H groups in total. The van der Waals surface area contributed by atoms with Crippen molar-refractivity contribution in [3.8, 4) is 0 Å². The minimum Gasteiger partial charge on any atom is -0.400 e. The van der Waals surface area contributed by atoms with Crippen molar-refractivity contribution >= 4 is 24.7 Å². The van der Waals surface area contributed by atoms with E-state index in [1.807, 2.05) is 65.0 Å². The van der Waals surface area contributed by atoms with Crippen LogP contribution < -0.4 is 5.32 Å². The molecule has 1 aromatic rings. The van der Waals surface area contributed by atoms with Crippen LogP contribution in [0.3, 0.4) is 0 Å². The van der Waals surface area contributed by atoms with Gasteiger partial charge in [0.1, 0.15) is 0 Å². The maximum atomic E-state index is 11.4. The Morgan fingerprint density at radius 2 is 1.64 bits per heavy atom. The Kier molecular flexibility index (Phi) is 5.60. The highest BCUT2D eigenvalue weighted by Crippen LogP contribution is 2.38. The third-order valence-electron chi connectivity index (χ3n) is 4.85. The van der Waals surface area contributed by atoms with Crippen LogP contribution >= 0.6 is 0 Å².